The highest BCUT2D eigenvalue weighted by molar-refractivity contribution is 14.0. The highest BCUT2D eigenvalue weighted by Gasteiger charge is 2.01. The maximum absolute atomic E-state index is 4.36. The first-order valence-electron chi connectivity index (χ1n) is 6.75. The normalized spacial score (nSPS) is 10.9. The van der Waals surface area contributed by atoms with Crippen molar-refractivity contribution < 1.29 is 0 Å². The Bertz CT molecular complexity index is 551. The molecule has 0 bridgehead atoms. The zero-order chi connectivity index (χ0) is 14.2. The molecule has 21 heavy (non-hydrogen) atoms. The van der Waals surface area contributed by atoms with Crippen LogP contribution in [0.4, 0.5) is 0 Å². The number of aromatic nitrogens is 2. The molecule has 0 atom stereocenters. The second-order valence-corrected chi connectivity index (χ2v) is 4.54. The van der Waals surface area contributed by atoms with Crippen molar-refractivity contribution in [2.45, 2.75) is 20.0 Å². The SMILES string of the molecule is CN=C(NCCn1cccc1)NCc1ncccc1C.I. The highest BCUT2D eigenvalue weighted by Crippen LogP contribution is 2.01. The predicted molar refractivity (Wildman–Crippen MR) is 97.0 cm³/mol. The maximum Gasteiger partial charge on any atom is 0.191 e. The fourth-order valence-electron chi connectivity index (χ4n) is 1.91. The molecule has 2 aromatic heterocycles. The van der Waals surface area contributed by atoms with Crippen LogP contribution in [0.15, 0.2) is 47.8 Å². The number of nitrogens with one attached hydrogen (secondary N) is 2. The van der Waals surface area contributed by atoms with Crippen LogP contribution in [-0.4, -0.2) is 29.1 Å². The summed E-state index contributed by atoms with van der Waals surface area (Å²) in [6.45, 7) is 4.48. The Hall–Kier alpha value is -1.57. The van der Waals surface area contributed by atoms with Crippen molar-refractivity contribution in [1.29, 1.82) is 0 Å². The first-order chi connectivity index (χ1) is 9.79. The Morgan fingerprint density at radius 2 is 2.00 bits per heavy atom. The molecular formula is C15H22IN5. The van der Waals surface area contributed by atoms with E-state index in [2.05, 4.69) is 50.6 Å². The van der Waals surface area contributed by atoms with Crippen LogP contribution in [0.25, 0.3) is 0 Å². The lowest BCUT2D eigenvalue weighted by Crippen LogP contribution is -2.38. The summed E-state index contributed by atoms with van der Waals surface area (Å²) in [6.07, 6.45) is 5.91. The Morgan fingerprint density at radius 3 is 2.67 bits per heavy atom. The molecule has 0 saturated carbocycles. The first-order valence-corrected chi connectivity index (χ1v) is 6.75. The Labute approximate surface area is 142 Å². The lowest BCUT2D eigenvalue weighted by atomic mass is 10.2. The summed E-state index contributed by atoms with van der Waals surface area (Å²) in [5, 5.41) is 6.56. The maximum atomic E-state index is 4.36. The van der Waals surface area contributed by atoms with Gasteiger partial charge in [-0.1, -0.05) is 6.07 Å². The number of hydrogen-bond donors (Lipinski definition) is 2. The molecule has 0 aliphatic carbocycles. The molecule has 114 valence electrons. The van der Waals surface area contributed by atoms with Gasteiger partial charge in [-0.05, 0) is 30.7 Å². The molecule has 0 aromatic carbocycles. The molecule has 0 radical (unpaired) electrons. The van der Waals surface area contributed by atoms with Crippen LogP contribution in [0.1, 0.15) is 11.3 Å². The summed E-state index contributed by atoms with van der Waals surface area (Å²) >= 11 is 0. The van der Waals surface area contributed by atoms with E-state index in [1.165, 1.54) is 5.56 Å². The topological polar surface area (TPSA) is 54.2 Å². The van der Waals surface area contributed by atoms with Crippen molar-refractivity contribution in [2.24, 2.45) is 4.99 Å². The van der Waals surface area contributed by atoms with Gasteiger partial charge in [-0.3, -0.25) is 9.98 Å². The largest absolute Gasteiger partial charge is 0.355 e. The van der Waals surface area contributed by atoms with Gasteiger partial charge in [0.05, 0.1) is 12.2 Å². The summed E-state index contributed by atoms with van der Waals surface area (Å²) in [5.74, 6) is 0.794. The third-order valence-corrected chi connectivity index (χ3v) is 3.09. The molecule has 0 unspecified atom stereocenters. The Kier molecular flexibility index (Phi) is 7.81. The summed E-state index contributed by atoms with van der Waals surface area (Å²) in [4.78, 5) is 8.57. The molecule has 6 heteroatoms. The number of aryl methyl sites for hydroxylation is 1. The van der Waals surface area contributed by atoms with Gasteiger partial charge < -0.3 is 15.2 Å². The fourth-order valence-corrected chi connectivity index (χ4v) is 1.91. The molecule has 0 aliphatic heterocycles. The third kappa shape index (κ3) is 5.74. The monoisotopic (exact) mass is 399 g/mol. The van der Waals surface area contributed by atoms with Gasteiger partial charge in [0.1, 0.15) is 0 Å². The zero-order valence-corrected chi connectivity index (χ0v) is 14.7. The van der Waals surface area contributed by atoms with Crippen LogP contribution in [0.2, 0.25) is 0 Å². The van der Waals surface area contributed by atoms with Gasteiger partial charge in [-0.2, -0.15) is 0 Å². The lowest BCUT2D eigenvalue weighted by Gasteiger charge is -2.12. The van der Waals surface area contributed by atoms with Gasteiger partial charge in [0, 0.05) is 38.7 Å². The lowest BCUT2D eigenvalue weighted by molar-refractivity contribution is 0.664. The third-order valence-electron chi connectivity index (χ3n) is 3.09. The molecule has 2 aromatic rings. The van der Waals surface area contributed by atoms with E-state index in [1.807, 2.05) is 24.4 Å². The van der Waals surface area contributed by atoms with Gasteiger partial charge in [-0.25, -0.2) is 0 Å². The second kappa shape index (κ2) is 9.38. The summed E-state index contributed by atoms with van der Waals surface area (Å²) in [5.41, 5.74) is 2.23. The first kappa shape index (κ1) is 17.5. The van der Waals surface area contributed by atoms with Crippen molar-refractivity contribution >= 4 is 29.9 Å². The molecule has 0 fully saturated rings. The van der Waals surface area contributed by atoms with Crippen LogP contribution in [0, 0.1) is 6.92 Å². The van der Waals surface area contributed by atoms with Crippen molar-refractivity contribution in [3.05, 3.63) is 54.1 Å². The number of guanidine groups is 1. The average Bonchev–Trinajstić information content (AvgIpc) is 2.97. The quantitative estimate of drug-likeness (QED) is 0.461. The van der Waals surface area contributed by atoms with E-state index < -0.39 is 0 Å². The van der Waals surface area contributed by atoms with E-state index in [0.717, 1.165) is 24.7 Å². The standard InChI is InChI=1S/C15H21N5.HI/c1-13-6-5-7-17-14(13)12-19-15(16-2)18-8-11-20-9-3-4-10-20;/h3-7,9-10H,8,11-12H2,1-2H3,(H2,16,18,19);1H. The minimum absolute atomic E-state index is 0. The van der Waals surface area contributed by atoms with Gasteiger partial charge in [-0.15, -0.1) is 24.0 Å². The number of pyridine rings is 1. The molecule has 2 N–H and O–H groups in total. The molecule has 0 saturated heterocycles. The van der Waals surface area contributed by atoms with E-state index >= 15 is 0 Å². The summed E-state index contributed by atoms with van der Waals surface area (Å²) in [6, 6.07) is 8.06. The summed E-state index contributed by atoms with van der Waals surface area (Å²) in [7, 11) is 1.77. The van der Waals surface area contributed by atoms with E-state index in [9.17, 15) is 0 Å². The number of nitrogens with zero attached hydrogens (tertiary/aromatic N) is 3. The molecular weight excluding hydrogens is 377 g/mol. The number of hydrogen-bond acceptors (Lipinski definition) is 2. The van der Waals surface area contributed by atoms with E-state index in [0.29, 0.717) is 6.54 Å². The second-order valence-electron chi connectivity index (χ2n) is 4.54. The predicted octanol–water partition coefficient (Wildman–Crippen LogP) is 2.17. The molecule has 0 aliphatic rings. The van der Waals surface area contributed by atoms with E-state index in [4.69, 9.17) is 0 Å². The van der Waals surface area contributed by atoms with Crippen molar-refractivity contribution in [3.63, 3.8) is 0 Å². The van der Waals surface area contributed by atoms with Crippen molar-refractivity contribution in [3.8, 4) is 0 Å². The Morgan fingerprint density at radius 1 is 1.24 bits per heavy atom. The van der Waals surface area contributed by atoms with Crippen molar-refractivity contribution in [2.75, 3.05) is 13.6 Å². The highest BCUT2D eigenvalue weighted by atomic mass is 127. The number of halogens is 1. The molecule has 0 spiro atoms. The van der Waals surface area contributed by atoms with Gasteiger partial charge in [0.25, 0.3) is 0 Å². The van der Waals surface area contributed by atoms with Crippen LogP contribution < -0.4 is 10.6 Å². The van der Waals surface area contributed by atoms with Crippen molar-refractivity contribution in [1.82, 2.24) is 20.2 Å². The van der Waals surface area contributed by atoms with Crippen LogP contribution in [0.5, 0.6) is 0 Å². The minimum Gasteiger partial charge on any atom is -0.355 e. The molecule has 5 nitrogen and oxygen atoms in total. The van der Waals surface area contributed by atoms with Crippen LogP contribution in [-0.2, 0) is 13.1 Å². The van der Waals surface area contributed by atoms with E-state index in [-0.39, 0.29) is 24.0 Å². The van der Waals surface area contributed by atoms with E-state index in [1.54, 1.807) is 7.05 Å². The fraction of sp³-hybridized carbons (Fsp3) is 0.333. The van der Waals surface area contributed by atoms with Crippen LogP contribution in [0.3, 0.4) is 0 Å². The van der Waals surface area contributed by atoms with Crippen LogP contribution >= 0.6 is 24.0 Å². The molecule has 2 rings (SSSR count). The van der Waals surface area contributed by atoms with Gasteiger partial charge in [0.2, 0.25) is 0 Å². The van der Waals surface area contributed by atoms with Gasteiger partial charge in [0.15, 0.2) is 5.96 Å². The smallest absolute Gasteiger partial charge is 0.191 e. The van der Waals surface area contributed by atoms with Gasteiger partial charge >= 0.3 is 0 Å². The zero-order valence-electron chi connectivity index (χ0n) is 12.4. The molecule has 2 heterocycles. The molecule has 0 amide bonds. The average molecular weight is 399 g/mol. The number of rotatable bonds is 5. The Balaban J connectivity index is 0.00000220. The minimum atomic E-state index is 0. The summed E-state index contributed by atoms with van der Waals surface area (Å²) < 4.78 is 2.13. The number of aliphatic imine (C=N–C) groups is 1.